The van der Waals surface area contributed by atoms with Crippen molar-refractivity contribution < 1.29 is 4.74 Å². The van der Waals surface area contributed by atoms with Gasteiger partial charge in [0.05, 0.1) is 6.61 Å². The van der Waals surface area contributed by atoms with Gasteiger partial charge in [0, 0.05) is 16.8 Å². The van der Waals surface area contributed by atoms with Gasteiger partial charge in [-0.25, -0.2) is 0 Å². The number of benzene rings is 1. The molecule has 2 nitrogen and oxygen atoms in total. The van der Waals surface area contributed by atoms with E-state index < -0.39 is 0 Å². The average Bonchev–Trinajstić information content (AvgIpc) is 2.37. The van der Waals surface area contributed by atoms with Crippen LogP contribution in [0, 0.1) is 0 Å². The fourth-order valence-electron chi connectivity index (χ4n) is 1.88. The first-order valence-corrected chi connectivity index (χ1v) is 7.65. The van der Waals surface area contributed by atoms with Crippen LogP contribution in [-0.2, 0) is 11.3 Å². The van der Waals surface area contributed by atoms with E-state index >= 15 is 0 Å². The first kappa shape index (κ1) is 15.5. The van der Waals surface area contributed by atoms with Gasteiger partial charge in [-0.2, -0.15) is 0 Å². The number of anilines is 1. The summed E-state index contributed by atoms with van der Waals surface area (Å²) in [6.07, 6.45) is 7.79. The molecule has 0 aliphatic carbocycles. The summed E-state index contributed by atoms with van der Waals surface area (Å²) in [4.78, 5) is 0. The van der Waals surface area contributed by atoms with E-state index in [1.807, 2.05) is 18.2 Å². The minimum absolute atomic E-state index is 0.639. The minimum Gasteiger partial charge on any atom is -0.398 e. The molecule has 0 amide bonds. The normalized spacial score (nSPS) is 10.8. The first-order chi connectivity index (χ1) is 8.75. The highest BCUT2D eigenvalue weighted by molar-refractivity contribution is 9.10. The molecule has 1 aromatic rings. The van der Waals surface area contributed by atoms with Crippen molar-refractivity contribution in [2.24, 2.45) is 0 Å². The number of unbranched alkanes of at least 4 members (excludes halogenated alkanes) is 5. The molecule has 0 aromatic heterocycles. The third-order valence-electron chi connectivity index (χ3n) is 3.01. The smallest absolute Gasteiger partial charge is 0.0728 e. The van der Waals surface area contributed by atoms with Crippen LogP contribution in [0.25, 0.3) is 0 Å². The Balaban J connectivity index is 2.09. The lowest BCUT2D eigenvalue weighted by Gasteiger charge is -2.08. The summed E-state index contributed by atoms with van der Waals surface area (Å²) in [5.74, 6) is 0. The van der Waals surface area contributed by atoms with E-state index in [0.29, 0.717) is 6.61 Å². The number of nitrogen functional groups attached to an aromatic ring is 1. The largest absolute Gasteiger partial charge is 0.398 e. The van der Waals surface area contributed by atoms with Gasteiger partial charge in [0.1, 0.15) is 0 Å². The zero-order chi connectivity index (χ0) is 13.2. The van der Waals surface area contributed by atoms with Crippen molar-refractivity contribution in [1.82, 2.24) is 0 Å². The maximum absolute atomic E-state index is 5.82. The fraction of sp³-hybridized carbons (Fsp3) is 0.600. The summed E-state index contributed by atoms with van der Waals surface area (Å²) in [5, 5.41) is 0. The van der Waals surface area contributed by atoms with Crippen molar-refractivity contribution in [1.29, 1.82) is 0 Å². The second-order valence-electron chi connectivity index (χ2n) is 4.64. The molecule has 0 saturated heterocycles. The minimum atomic E-state index is 0.639. The Morgan fingerprint density at radius 2 is 1.83 bits per heavy atom. The second-order valence-corrected chi connectivity index (χ2v) is 5.43. The van der Waals surface area contributed by atoms with E-state index in [4.69, 9.17) is 10.5 Å². The molecule has 0 unspecified atom stereocenters. The van der Waals surface area contributed by atoms with Gasteiger partial charge < -0.3 is 10.5 Å². The quantitative estimate of drug-likeness (QED) is 0.519. The molecule has 2 N–H and O–H groups in total. The SMILES string of the molecule is CCCCCCCCOCc1cccc(N)c1Br. The van der Waals surface area contributed by atoms with Gasteiger partial charge in [0.2, 0.25) is 0 Å². The monoisotopic (exact) mass is 313 g/mol. The summed E-state index contributed by atoms with van der Waals surface area (Å²) >= 11 is 3.49. The molecule has 0 heterocycles. The van der Waals surface area contributed by atoms with Gasteiger partial charge in [-0.05, 0) is 34.0 Å². The highest BCUT2D eigenvalue weighted by Crippen LogP contribution is 2.24. The Bertz CT molecular complexity index is 341. The lowest BCUT2D eigenvalue weighted by Crippen LogP contribution is -1.98. The second kappa shape index (κ2) is 9.40. The van der Waals surface area contributed by atoms with Crippen LogP contribution >= 0.6 is 15.9 Å². The van der Waals surface area contributed by atoms with Crippen LogP contribution in [0.3, 0.4) is 0 Å². The van der Waals surface area contributed by atoms with E-state index in [0.717, 1.165) is 28.8 Å². The van der Waals surface area contributed by atoms with E-state index in [1.54, 1.807) is 0 Å². The Kier molecular flexibility index (Phi) is 8.10. The molecule has 0 aliphatic heterocycles. The fourth-order valence-corrected chi connectivity index (χ4v) is 2.26. The van der Waals surface area contributed by atoms with Crippen LogP contribution in [0.4, 0.5) is 5.69 Å². The van der Waals surface area contributed by atoms with E-state index in [-0.39, 0.29) is 0 Å². The molecular weight excluding hydrogens is 290 g/mol. The molecule has 1 aromatic carbocycles. The molecule has 1 rings (SSSR count). The van der Waals surface area contributed by atoms with Crippen molar-refractivity contribution in [3.63, 3.8) is 0 Å². The Morgan fingerprint density at radius 3 is 2.61 bits per heavy atom. The zero-order valence-corrected chi connectivity index (χ0v) is 12.8. The number of halogens is 1. The molecule has 0 fully saturated rings. The molecule has 3 heteroatoms. The van der Waals surface area contributed by atoms with Crippen LogP contribution in [0.5, 0.6) is 0 Å². The molecule has 0 spiro atoms. The van der Waals surface area contributed by atoms with Crippen LogP contribution < -0.4 is 5.73 Å². The maximum atomic E-state index is 5.82. The Hall–Kier alpha value is -0.540. The van der Waals surface area contributed by atoms with Crippen molar-refractivity contribution in [3.8, 4) is 0 Å². The third kappa shape index (κ3) is 5.87. The Labute approximate surface area is 119 Å². The van der Waals surface area contributed by atoms with Gasteiger partial charge >= 0.3 is 0 Å². The van der Waals surface area contributed by atoms with Crippen LogP contribution in [-0.4, -0.2) is 6.61 Å². The number of ether oxygens (including phenoxy) is 1. The van der Waals surface area contributed by atoms with Crippen molar-refractivity contribution in [2.75, 3.05) is 12.3 Å². The molecule has 0 saturated carbocycles. The summed E-state index contributed by atoms with van der Waals surface area (Å²) in [6, 6.07) is 5.90. The predicted molar refractivity (Wildman–Crippen MR) is 81.6 cm³/mol. The predicted octanol–water partition coefficient (Wildman–Crippen LogP) is 4.91. The Morgan fingerprint density at radius 1 is 1.11 bits per heavy atom. The third-order valence-corrected chi connectivity index (χ3v) is 3.98. The lowest BCUT2D eigenvalue weighted by molar-refractivity contribution is 0.116. The van der Waals surface area contributed by atoms with Crippen molar-refractivity contribution in [2.45, 2.75) is 52.1 Å². The van der Waals surface area contributed by atoms with Gasteiger partial charge in [-0.15, -0.1) is 0 Å². The summed E-state index contributed by atoms with van der Waals surface area (Å²) in [6.45, 7) is 3.72. The molecule has 0 radical (unpaired) electrons. The maximum Gasteiger partial charge on any atom is 0.0728 e. The van der Waals surface area contributed by atoms with Gasteiger partial charge in [0.25, 0.3) is 0 Å². The van der Waals surface area contributed by atoms with E-state index in [2.05, 4.69) is 22.9 Å². The van der Waals surface area contributed by atoms with Crippen molar-refractivity contribution >= 4 is 21.6 Å². The molecule has 18 heavy (non-hydrogen) atoms. The standard InChI is InChI=1S/C15H24BrNO/c1-2-3-4-5-6-7-11-18-12-13-9-8-10-14(17)15(13)16/h8-10H,2-7,11-12,17H2,1H3. The van der Waals surface area contributed by atoms with Crippen molar-refractivity contribution in [3.05, 3.63) is 28.2 Å². The average molecular weight is 314 g/mol. The van der Waals surface area contributed by atoms with Gasteiger partial charge in [-0.1, -0.05) is 51.2 Å². The van der Waals surface area contributed by atoms with E-state index in [1.165, 1.54) is 32.1 Å². The highest BCUT2D eigenvalue weighted by Gasteiger charge is 2.02. The molecule has 0 bridgehead atoms. The molecule has 0 aliphatic rings. The summed E-state index contributed by atoms with van der Waals surface area (Å²) < 4.78 is 6.64. The van der Waals surface area contributed by atoms with E-state index in [9.17, 15) is 0 Å². The van der Waals surface area contributed by atoms with Crippen LogP contribution in [0.2, 0.25) is 0 Å². The van der Waals surface area contributed by atoms with Gasteiger partial charge in [0.15, 0.2) is 0 Å². The van der Waals surface area contributed by atoms with Crippen LogP contribution in [0.15, 0.2) is 22.7 Å². The molecular formula is C15H24BrNO. The molecule has 102 valence electrons. The van der Waals surface area contributed by atoms with Crippen LogP contribution in [0.1, 0.15) is 51.0 Å². The zero-order valence-electron chi connectivity index (χ0n) is 11.3. The molecule has 0 atom stereocenters. The summed E-state index contributed by atoms with van der Waals surface area (Å²) in [7, 11) is 0. The number of hydrogen-bond donors (Lipinski definition) is 1. The lowest BCUT2D eigenvalue weighted by atomic mass is 10.1. The number of hydrogen-bond acceptors (Lipinski definition) is 2. The summed E-state index contributed by atoms with van der Waals surface area (Å²) in [5.41, 5.74) is 7.72. The highest BCUT2D eigenvalue weighted by atomic mass is 79.9. The topological polar surface area (TPSA) is 35.2 Å². The number of nitrogens with two attached hydrogens (primary N) is 1. The first-order valence-electron chi connectivity index (χ1n) is 6.86. The number of rotatable bonds is 9. The van der Waals surface area contributed by atoms with Gasteiger partial charge in [-0.3, -0.25) is 0 Å².